The summed E-state index contributed by atoms with van der Waals surface area (Å²) in [6.07, 6.45) is -24.7. The predicted molar refractivity (Wildman–Crippen MR) is 479 cm³/mol. The quantitative estimate of drug-likeness (QED) is 0.0108. The van der Waals surface area contributed by atoms with E-state index in [1.807, 2.05) is 26.2 Å². The van der Waals surface area contributed by atoms with Crippen molar-refractivity contribution in [3.8, 4) is 28.7 Å². The van der Waals surface area contributed by atoms with Crippen molar-refractivity contribution in [2.75, 3.05) is 19.7 Å². The van der Waals surface area contributed by atoms with Crippen LogP contribution in [-0.4, -0.2) is 207 Å². The Labute approximate surface area is 731 Å². The molecule has 678 valence electrons. The first-order valence-corrected chi connectivity index (χ1v) is 56.9. The standard InChI is InChI=1S/C88H134N8O22Si5/c1-84(2,3)119(16,17)103-55-66-71(113-77-68(95-83(102)109-60-49-39-30-40-50-60)73(117-122(22,23)87(10,11)12)72(116-121(20,21)86(7,8)9)65(110-77)54-90-79(98)105-56-41-31-26-32-42-56)75(118-123(24,25)88(13,14)15)78(111-66)114-74-69(97)62(92-80(99)106-57-43-33-27-34-44-57)52-63(93-81(100)107-58-45-35-28-36-46-58)70(74)112-76-67(94-82(101)108-59-47-37-29-38-48-59)64(51-61(104-76)53-91-96-89)115-120(18,19)85(4,5)6/h26-50,61-78,97H,51-55H2,1-25H3,(H,90,98)(H,92,99)(H,93,100)(H,94,101)(H,95,102)/t61-,62+,63-,64-,65-,66+,67+,68+,69-,70+,71-,72+,73+,74+,75+,76+,77+,78+/m0/s1. The highest BCUT2D eigenvalue weighted by molar-refractivity contribution is 6.76. The van der Waals surface area contributed by atoms with E-state index in [1.165, 1.54) is 0 Å². The van der Waals surface area contributed by atoms with Crippen LogP contribution in [0.2, 0.25) is 90.7 Å². The number of nitrogens with zero attached hydrogens (tertiary/aromatic N) is 3. The summed E-state index contributed by atoms with van der Waals surface area (Å²) in [4.78, 5) is 77.0. The summed E-state index contributed by atoms with van der Waals surface area (Å²) >= 11 is 0. The number of para-hydroxylation sites is 5. The summed E-state index contributed by atoms with van der Waals surface area (Å²) in [7, 11) is -15.0. The molecule has 9 rings (SSSR count). The van der Waals surface area contributed by atoms with Gasteiger partial charge in [-0.05, 0) is 163 Å². The normalized spacial score (nSPS) is 26.3. The minimum absolute atomic E-state index is 0.0540. The second-order valence-electron chi connectivity index (χ2n) is 39.6. The Morgan fingerprint density at radius 3 is 1.17 bits per heavy atom. The van der Waals surface area contributed by atoms with Crippen LogP contribution in [0, 0.1) is 0 Å². The molecule has 0 radical (unpaired) electrons. The largest absolute Gasteiger partial charge is 0.414 e. The molecule has 0 aromatic heterocycles. The Hall–Kier alpha value is -7.64. The number of carbonyl (C=O) groups excluding carboxylic acids is 5. The van der Waals surface area contributed by atoms with Crippen LogP contribution in [0.25, 0.3) is 10.4 Å². The van der Waals surface area contributed by atoms with Crippen LogP contribution >= 0.6 is 0 Å². The maximum absolute atomic E-state index is 15.3. The van der Waals surface area contributed by atoms with Crippen molar-refractivity contribution in [2.45, 2.75) is 318 Å². The first-order valence-electron chi connectivity index (χ1n) is 42.4. The molecule has 1 saturated carbocycles. The summed E-state index contributed by atoms with van der Waals surface area (Å²) in [5.74, 6) is 1.02. The minimum Gasteiger partial charge on any atom is -0.414 e. The molecular weight excluding hydrogens is 1660 g/mol. The Kier molecular flexibility index (Phi) is 33.0. The molecule has 0 unspecified atom stereocenters. The first kappa shape index (κ1) is 99.1. The van der Waals surface area contributed by atoms with E-state index in [1.54, 1.807) is 152 Å². The lowest BCUT2D eigenvalue weighted by Crippen LogP contribution is -2.71. The number of ether oxygens (including phenoxy) is 11. The zero-order valence-corrected chi connectivity index (χ0v) is 81.2. The molecule has 30 nitrogen and oxygen atoms in total. The van der Waals surface area contributed by atoms with Gasteiger partial charge in [0.15, 0.2) is 60.5 Å². The van der Waals surface area contributed by atoms with E-state index >= 15 is 4.79 Å². The van der Waals surface area contributed by atoms with Crippen LogP contribution in [-0.2, 0) is 50.6 Å². The van der Waals surface area contributed by atoms with Gasteiger partial charge in [0.25, 0.3) is 0 Å². The summed E-state index contributed by atoms with van der Waals surface area (Å²) in [5, 5.41) is 30.6. The molecule has 5 amide bonds. The summed E-state index contributed by atoms with van der Waals surface area (Å²) in [6.45, 7) is 51.2. The fourth-order valence-electron chi connectivity index (χ4n) is 13.2. The number of nitrogens with one attached hydrogen (secondary N) is 5. The van der Waals surface area contributed by atoms with Gasteiger partial charge in [0.2, 0.25) is 0 Å². The highest BCUT2D eigenvalue weighted by Crippen LogP contribution is 2.48. The predicted octanol–water partition coefficient (Wildman–Crippen LogP) is 17.8. The molecule has 4 aliphatic rings. The van der Waals surface area contributed by atoms with Crippen LogP contribution < -0.4 is 50.3 Å². The zero-order chi connectivity index (χ0) is 90.6. The van der Waals surface area contributed by atoms with Gasteiger partial charge >= 0.3 is 30.5 Å². The van der Waals surface area contributed by atoms with E-state index in [2.05, 4.69) is 180 Å². The maximum Gasteiger partial charge on any atom is 0.413 e. The van der Waals surface area contributed by atoms with Crippen molar-refractivity contribution in [2.24, 2.45) is 5.11 Å². The molecule has 3 aliphatic heterocycles. The van der Waals surface area contributed by atoms with E-state index in [4.69, 9.17) is 74.2 Å². The average Bonchev–Trinajstić information content (AvgIpc) is 1.73. The number of aliphatic hydroxyl groups excluding tert-OH is 1. The number of rotatable bonds is 30. The van der Waals surface area contributed by atoms with E-state index < -0.39 is 207 Å². The van der Waals surface area contributed by atoms with Gasteiger partial charge in [-0.2, -0.15) is 0 Å². The first-order chi connectivity index (χ1) is 57.3. The lowest BCUT2D eigenvalue weighted by atomic mass is 9.83. The van der Waals surface area contributed by atoms with Crippen molar-refractivity contribution in [1.82, 2.24) is 26.6 Å². The van der Waals surface area contributed by atoms with E-state index in [0.717, 1.165) is 0 Å². The number of benzene rings is 5. The monoisotopic (exact) mass is 1790 g/mol. The van der Waals surface area contributed by atoms with Crippen LogP contribution in [0.1, 0.15) is 117 Å². The Bertz CT molecular complexity index is 4310. The van der Waals surface area contributed by atoms with Crippen molar-refractivity contribution in [3.05, 3.63) is 162 Å². The average molecular weight is 1800 g/mol. The van der Waals surface area contributed by atoms with Gasteiger partial charge in [-0.15, -0.1) is 0 Å². The lowest BCUT2D eigenvalue weighted by molar-refractivity contribution is -0.296. The maximum atomic E-state index is 15.3. The van der Waals surface area contributed by atoms with Gasteiger partial charge in [0, 0.05) is 17.9 Å². The number of aliphatic hydroxyl groups is 1. The second kappa shape index (κ2) is 41.0. The fraction of sp³-hybridized carbons (Fsp3) is 0.602. The van der Waals surface area contributed by atoms with Crippen molar-refractivity contribution < 1.29 is 103 Å². The fourth-order valence-corrected chi connectivity index (χ4v) is 19.5. The number of amides is 5. The van der Waals surface area contributed by atoms with Gasteiger partial charge in [-0.25, -0.2) is 24.0 Å². The Balaban J connectivity index is 1.28. The van der Waals surface area contributed by atoms with Crippen molar-refractivity contribution in [1.29, 1.82) is 0 Å². The summed E-state index contributed by atoms with van der Waals surface area (Å²) < 4.78 is 113. The van der Waals surface area contributed by atoms with Crippen molar-refractivity contribution >= 4 is 72.1 Å². The molecule has 3 heterocycles. The second-order valence-corrected chi connectivity index (χ2v) is 63.5. The van der Waals surface area contributed by atoms with Crippen LogP contribution in [0.5, 0.6) is 28.7 Å². The molecule has 4 fully saturated rings. The van der Waals surface area contributed by atoms with Crippen molar-refractivity contribution in [3.63, 3.8) is 0 Å². The Morgan fingerprint density at radius 1 is 0.398 bits per heavy atom. The molecule has 6 N–H and O–H groups in total. The molecule has 5 aromatic carbocycles. The molecule has 3 saturated heterocycles. The van der Waals surface area contributed by atoms with Gasteiger partial charge < -0.3 is 106 Å². The zero-order valence-electron chi connectivity index (χ0n) is 76.2. The van der Waals surface area contributed by atoms with E-state index in [-0.39, 0.29) is 61.3 Å². The summed E-state index contributed by atoms with van der Waals surface area (Å²) in [5.41, 5.74) is 9.95. The van der Waals surface area contributed by atoms with Crippen LogP contribution in [0.3, 0.4) is 0 Å². The van der Waals surface area contributed by atoms with Gasteiger partial charge in [0.05, 0.1) is 43.5 Å². The number of hydrogen-bond acceptors (Lipinski definition) is 23. The topological polar surface area (TPSA) is 362 Å². The van der Waals surface area contributed by atoms with Crippen LogP contribution in [0.15, 0.2) is 157 Å². The van der Waals surface area contributed by atoms with Gasteiger partial charge in [0.1, 0.15) is 89.7 Å². The molecular formula is C88H134N8O22Si5. The van der Waals surface area contributed by atoms with E-state index in [9.17, 15) is 29.8 Å². The Morgan fingerprint density at radius 2 is 0.748 bits per heavy atom. The SMILES string of the molecule is CC(C)(C)[Si](C)(C)OC[C@H]1O[C@H](O[C@@H]2[C@@H](O)[C@H](NC(=O)Oc3ccccc3)C[C@H](NC(=O)Oc3ccccc3)[C@H]2O[C@H]2O[C@H](CN=[N+]=[N-])C[C@H](O[Si](C)(C)C(C)(C)C)[C@H]2NC(=O)Oc2ccccc2)[C@H](O[Si](C)(C)C(C)(C)C)[C@H]1O[C@H]1O[C@@H](CNC(=O)Oc2ccccc2)[C@@H](O[Si](C)(C)C(C)(C)C)[C@H](O[Si](C)(C)C(C)(C)C)[C@H]1NC(=O)Oc1ccccc1. The number of hydrogen-bond donors (Lipinski definition) is 6. The number of azide groups is 1. The molecule has 0 spiro atoms. The molecule has 1 aliphatic carbocycles. The smallest absolute Gasteiger partial charge is 0.413 e. The molecule has 0 bridgehead atoms. The van der Waals surface area contributed by atoms with Gasteiger partial charge in [-0.3, -0.25) is 0 Å². The highest BCUT2D eigenvalue weighted by Gasteiger charge is 2.62. The molecule has 35 heteroatoms. The number of carbonyl (C=O) groups is 5. The molecule has 123 heavy (non-hydrogen) atoms. The third-order valence-corrected chi connectivity index (χ3v) is 47.8. The van der Waals surface area contributed by atoms with Crippen LogP contribution in [0.4, 0.5) is 24.0 Å². The molecule has 18 atom stereocenters. The van der Waals surface area contributed by atoms with Gasteiger partial charge in [-0.1, -0.05) is 200 Å². The minimum atomic E-state index is -3.27. The van der Waals surface area contributed by atoms with E-state index in [0.29, 0.717) is 0 Å². The molecule has 5 aromatic rings. The lowest BCUT2D eigenvalue weighted by Gasteiger charge is -2.53. The third kappa shape index (κ3) is 26.7. The highest BCUT2D eigenvalue weighted by atomic mass is 28.4. The third-order valence-electron chi connectivity index (χ3n) is 25.4. The summed E-state index contributed by atoms with van der Waals surface area (Å²) in [6, 6.07) is 36.7.